The molecule has 7 heteroatoms. The highest BCUT2D eigenvalue weighted by Gasteiger charge is 2.39. The van der Waals surface area contributed by atoms with E-state index in [2.05, 4.69) is 5.32 Å². The smallest absolute Gasteiger partial charge is 0.225 e. The molecule has 3 rings (SSSR count). The van der Waals surface area contributed by atoms with Crippen LogP contribution in [-0.4, -0.2) is 29.4 Å². The molecule has 1 heterocycles. The van der Waals surface area contributed by atoms with Gasteiger partial charge in [0.25, 0.3) is 0 Å². The van der Waals surface area contributed by atoms with Gasteiger partial charge in [0.15, 0.2) is 11.6 Å². The summed E-state index contributed by atoms with van der Waals surface area (Å²) in [6.07, 6.45) is 0.441. The molecule has 1 saturated heterocycles. The first-order chi connectivity index (χ1) is 13.3. The second-order valence-electron chi connectivity index (χ2n) is 6.88. The molecule has 28 heavy (non-hydrogen) atoms. The van der Waals surface area contributed by atoms with Crippen molar-refractivity contribution in [2.24, 2.45) is 0 Å². The summed E-state index contributed by atoms with van der Waals surface area (Å²) >= 11 is 6.09. The van der Waals surface area contributed by atoms with Gasteiger partial charge in [-0.1, -0.05) is 23.7 Å². The third kappa shape index (κ3) is 3.81. The molecule has 1 aliphatic heterocycles. The molecule has 1 aliphatic rings. The van der Waals surface area contributed by atoms with Gasteiger partial charge in [-0.2, -0.15) is 5.26 Å². The number of nitriles is 1. The fourth-order valence-corrected chi connectivity index (χ4v) is 3.86. The third-order valence-electron chi connectivity index (χ3n) is 5.15. The summed E-state index contributed by atoms with van der Waals surface area (Å²) in [4.78, 5) is 14.1. The molecule has 146 valence electrons. The number of nitrogens with zero attached hydrogens (tertiary/aromatic N) is 2. The van der Waals surface area contributed by atoms with Gasteiger partial charge in [0, 0.05) is 18.7 Å². The maximum atomic E-state index is 14.4. The zero-order valence-corrected chi connectivity index (χ0v) is 16.4. The van der Waals surface area contributed by atoms with Gasteiger partial charge in [-0.25, -0.2) is 8.78 Å². The Morgan fingerprint density at radius 1 is 1.29 bits per heavy atom. The number of hydrogen-bond donors (Lipinski definition) is 1. The molecule has 0 spiro atoms. The van der Waals surface area contributed by atoms with Crippen LogP contribution < -0.4 is 5.32 Å². The topological polar surface area (TPSA) is 56.1 Å². The van der Waals surface area contributed by atoms with Crippen molar-refractivity contribution in [3.05, 3.63) is 63.7 Å². The van der Waals surface area contributed by atoms with Crippen molar-refractivity contribution in [3.63, 3.8) is 0 Å². The van der Waals surface area contributed by atoms with Gasteiger partial charge in [0.05, 0.1) is 22.7 Å². The zero-order chi connectivity index (χ0) is 20.4. The average molecular weight is 404 g/mol. The first-order valence-electron chi connectivity index (χ1n) is 9.04. The molecule has 2 aromatic rings. The highest BCUT2D eigenvalue weighted by molar-refractivity contribution is 6.32. The number of hydrogen-bond acceptors (Lipinski definition) is 3. The first kappa shape index (κ1) is 20.1. The monoisotopic (exact) mass is 403 g/mol. The number of carbonyl (C=O) groups excluding carboxylic acids is 1. The number of aryl methyl sites for hydroxylation is 1. The quantitative estimate of drug-likeness (QED) is 0.802. The number of nitrogens with one attached hydrogen (secondary N) is 1. The third-order valence-corrected chi connectivity index (χ3v) is 5.46. The van der Waals surface area contributed by atoms with E-state index in [0.29, 0.717) is 22.8 Å². The Balaban J connectivity index is 1.88. The van der Waals surface area contributed by atoms with E-state index in [0.717, 1.165) is 0 Å². The summed E-state index contributed by atoms with van der Waals surface area (Å²) in [6.45, 7) is 3.85. The normalized spacial score (nSPS) is 19.0. The van der Waals surface area contributed by atoms with E-state index < -0.39 is 11.6 Å². The second-order valence-corrected chi connectivity index (χ2v) is 7.29. The van der Waals surface area contributed by atoms with Crippen LogP contribution in [-0.2, 0) is 11.2 Å². The molecular formula is C21H20ClF2N3O. The van der Waals surface area contributed by atoms with E-state index >= 15 is 0 Å². The van der Waals surface area contributed by atoms with Gasteiger partial charge in [0.2, 0.25) is 5.91 Å². The molecule has 0 aliphatic carbocycles. The van der Waals surface area contributed by atoms with Crippen LogP contribution in [0.15, 0.2) is 30.3 Å². The summed E-state index contributed by atoms with van der Waals surface area (Å²) in [5.74, 6) is -1.76. The number of likely N-dealkylation sites (N-methyl/N-ethyl adjacent to an activating group) is 1. The SMILES string of the molecule is CCN1C(=O)C[C@H](Nc2ccc(C#N)c(Cl)c2)C1Cc1ccc(C)c(F)c1F. The molecule has 1 fully saturated rings. The minimum atomic E-state index is -0.865. The van der Waals surface area contributed by atoms with Crippen LogP contribution in [0.5, 0.6) is 0 Å². The van der Waals surface area contributed by atoms with Crippen molar-refractivity contribution < 1.29 is 13.6 Å². The van der Waals surface area contributed by atoms with Crippen molar-refractivity contribution in [1.29, 1.82) is 5.26 Å². The maximum absolute atomic E-state index is 14.4. The number of rotatable bonds is 5. The average Bonchev–Trinajstić information content (AvgIpc) is 2.96. The van der Waals surface area contributed by atoms with E-state index in [-0.39, 0.29) is 42.0 Å². The standard InChI is InChI=1S/C21H20ClF2N3O/c1-3-27-18(8-13-5-4-12(2)20(23)21(13)24)17(10-19(27)28)26-15-7-6-14(11-25)16(22)9-15/h4-7,9,17-18,26H,3,8,10H2,1-2H3/t17-,18?/m0/s1. The Kier molecular flexibility index (Phi) is 5.85. The van der Waals surface area contributed by atoms with Gasteiger partial charge in [-0.15, -0.1) is 0 Å². The molecule has 1 amide bonds. The highest BCUT2D eigenvalue weighted by Crippen LogP contribution is 2.29. The summed E-state index contributed by atoms with van der Waals surface area (Å²) < 4.78 is 28.4. The van der Waals surface area contributed by atoms with Gasteiger partial charge in [-0.05, 0) is 49.6 Å². The summed E-state index contributed by atoms with van der Waals surface area (Å²) in [5.41, 5.74) is 1.52. The molecule has 0 radical (unpaired) electrons. The van der Waals surface area contributed by atoms with E-state index in [1.54, 1.807) is 35.2 Å². The van der Waals surface area contributed by atoms with Crippen LogP contribution in [0.4, 0.5) is 14.5 Å². The lowest BCUT2D eigenvalue weighted by Crippen LogP contribution is -2.41. The summed E-state index contributed by atoms with van der Waals surface area (Å²) in [5, 5.41) is 12.6. The molecule has 2 atom stereocenters. The molecule has 0 bridgehead atoms. The first-order valence-corrected chi connectivity index (χ1v) is 9.42. The fourth-order valence-electron chi connectivity index (χ4n) is 3.63. The van der Waals surface area contributed by atoms with Gasteiger partial charge in [-0.3, -0.25) is 4.79 Å². The summed E-state index contributed by atoms with van der Waals surface area (Å²) in [6, 6.07) is 9.43. The van der Waals surface area contributed by atoms with Crippen LogP contribution in [0.25, 0.3) is 0 Å². The fraction of sp³-hybridized carbons (Fsp3) is 0.333. The minimum absolute atomic E-state index is 0.0438. The lowest BCUT2D eigenvalue weighted by atomic mass is 9.98. The lowest BCUT2D eigenvalue weighted by molar-refractivity contribution is -0.128. The van der Waals surface area contributed by atoms with Crippen LogP contribution in [0.3, 0.4) is 0 Å². The van der Waals surface area contributed by atoms with Crippen LogP contribution in [0.2, 0.25) is 5.02 Å². The summed E-state index contributed by atoms with van der Waals surface area (Å²) in [7, 11) is 0. The number of likely N-dealkylation sites (tertiary alicyclic amines) is 1. The Hall–Kier alpha value is -2.65. The number of carbonyl (C=O) groups is 1. The lowest BCUT2D eigenvalue weighted by Gasteiger charge is -2.28. The number of benzene rings is 2. The van der Waals surface area contributed by atoms with Crippen LogP contribution in [0, 0.1) is 29.9 Å². The zero-order valence-electron chi connectivity index (χ0n) is 15.6. The van der Waals surface area contributed by atoms with Crippen molar-refractivity contribution in [1.82, 2.24) is 4.90 Å². The molecule has 1 N–H and O–H groups in total. The van der Waals surface area contributed by atoms with Crippen molar-refractivity contribution in [2.75, 3.05) is 11.9 Å². The molecule has 1 unspecified atom stereocenters. The van der Waals surface area contributed by atoms with Gasteiger partial charge in [0.1, 0.15) is 6.07 Å². The maximum Gasteiger partial charge on any atom is 0.225 e. The number of anilines is 1. The largest absolute Gasteiger partial charge is 0.380 e. The van der Waals surface area contributed by atoms with Crippen molar-refractivity contribution in [3.8, 4) is 6.07 Å². The minimum Gasteiger partial charge on any atom is -0.380 e. The van der Waals surface area contributed by atoms with Crippen molar-refractivity contribution in [2.45, 2.75) is 38.8 Å². The number of amides is 1. The Morgan fingerprint density at radius 3 is 2.68 bits per heavy atom. The predicted molar refractivity (Wildman–Crippen MR) is 104 cm³/mol. The van der Waals surface area contributed by atoms with Crippen LogP contribution in [0.1, 0.15) is 30.0 Å². The van der Waals surface area contributed by atoms with E-state index in [1.807, 2.05) is 13.0 Å². The molecule has 4 nitrogen and oxygen atoms in total. The Labute approximate surface area is 167 Å². The number of halogens is 3. The second kappa shape index (κ2) is 8.15. The highest BCUT2D eigenvalue weighted by atomic mass is 35.5. The molecule has 0 saturated carbocycles. The Bertz CT molecular complexity index is 957. The van der Waals surface area contributed by atoms with Crippen molar-refractivity contribution >= 4 is 23.2 Å². The van der Waals surface area contributed by atoms with Crippen LogP contribution >= 0.6 is 11.6 Å². The van der Waals surface area contributed by atoms with E-state index in [9.17, 15) is 13.6 Å². The predicted octanol–water partition coefficient (Wildman–Crippen LogP) is 4.44. The molecule has 2 aromatic carbocycles. The van der Waals surface area contributed by atoms with Gasteiger partial charge >= 0.3 is 0 Å². The van der Waals surface area contributed by atoms with Gasteiger partial charge < -0.3 is 10.2 Å². The molecule has 0 aromatic heterocycles. The Morgan fingerprint density at radius 2 is 2.04 bits per heavy atom. The van der Waals surface area contributed by atoms with E-state index in [4.69, 9.17) is 16.9 Å². The molecular weight excluding hydrogens is 384 g/mol. The van der Waals surface area contributed by atoms with E-state index in [1.165, 1.54) is 6.92 Å².